The molecular weight excluding hydrogens is 270 g/mol. The van der Waals surface area contributed by atoms with Crippen LogP contribution in [0.3, 0.4) is 0 Å². The van der Waals surface area contributed by atoms with Crippen LogP contribution in [0.25, 0.3) is 6.08 Å². The second-order valence-corrected chi connectivity index (χ2v) is 5.99. The Morgan fingerprint density at radius 3 is 2.75 bits per heavy atom. The van der Waals surface area contributed by atoms with E-state index in [4.69, 9.17) is 0 Å². The Bertz CT molecular complexity index is 458. The van der Waals surface area contributed by atoms with Gasteiger partial charge < -0.3 is 0 Å². The average molecular weight is 293 g/mol. The van der Waals surface area contributed by atoms with Crippen molar-refractivity contribution in [2.24, 2.45) is 0 Å². The van der Waals surface area contributed by atoms with E-state index in [-0.39, 0.29) is 6.04 Å². The van der Waals surface area contributed by atoms with Gasteiger partial charge in [0.1, 0.15) is 0 Å². The maximum atomic E-state index is 11.7. The van der Waals surface area contributed by atoms with Crippen molar-refractivity contribution in [3.8, 4) is 0 Å². The molecule has 0 saturated heterocycles. The summed E-state index contributed by atoms with van der Waals surface area (Å²) in [6, 6.07) is 7.77. The van der Waals surface area contributed by atoms with Crippen LogP contribution < -0.4 is 0 Å². The first-order valence-electron chi connectivity index (χ1n) is 6.98. The minimum absolute atomic E-state index is 0.221. The number of hydrogen-bond donors (Lipinski definition) is 1. The highest BCUT2D eigenvalue weighted by Crippen LogP contribution is 2.24. The molecule has 20 heavy (non-hydrogen) atoms. The van der Waals surface area contributed by atoms with Gasteiger partial charge in [-0.25, -0.2) is 5.06 Å². The molecule has 1 rings (SSSR count). The van der Waals surface area contributed by atoms with Crippen molar-refractivity contribution in [3.05, 3.63) is 35.9 Å². The molecule has 3 nitrogen and oxygen atoms in total. The van der Waals surface area contributed by atoms with Gasteiger partial charge in [0, 0.05) is 11.0 Å². The SMILES string of the molecule is CCCCSc1ccccc1/C=C/C(=O)N(O)C(C)C. The van der Waals surface area contributed by atoms with Gasteiger partial charge in [0.25, 0.3) is 5.91 Å². The van der Waals surface area contributed by atoms with Crippen molar-refractivity contribution in [3.63, 3.8) is 0 Å². The molecule has 1 aromatic carbocycles. The fraction of sp³-hybridized carbons (Fsp3) is 0.438. The summed E-state index contributed by atoms with van der Waals surface area (Å²) in [7, 11) is 0. The first kappa shape index (κ1) is 16.8. The predicted molar refractivity (Wildman–Crippen MR) is 84.9 cm³/mol. The molecule has 0 heterocycles. The Labute approximate surface area is 125 Å². The van der Waals surface area contributed by atoms with Crippen LogP contribution in [0, 0.1) is 0 Å². The maximum absolute atomic E-state index is 11.7. The summed E-state index contributed by atoms with van der Waals surface area (Å²) in [5.41, 5.74) is 1.01. The molecule has 0 saturated carbocycles. The van der Waals surface area contributed by atoms with E-state index in [9.17, 15) is 10.0 Å². The largest absolute Gasteiger partial charge is 0.285 e. The molecule has 1 N–H and O–H groups in total. The average Bonchev–Trinajstić information content (AvgIpc) is 2.45. The number of benzene rings is 1. The highest BCUT2D eigenvalue weighted by molar-refractivity contribution is 7.99. The van der Waals surface area contributed by atoms with E-state index in [2.05, 4.69) is 13.0 Å². The molecule has 1 amide bonds. The molecule has 4 heteroatoms. The number of rotatable bonds is 7. The molecule has 0 aliphatic heterocycles. The van der Waals surface area contributed by atoms with Gasteiger partial charge in [0.15, 0.2) is 0 Å². The monoisotopic (exact) mass is 293 g/mol. The smallest absolute Gasteiger partial charge is 0.270 e. The van der Waals surface area contributed by atoms with Crippen molar-refractivity contribution >= 4 is 23.7 Å². The summed E-state index contributed by atoms with van der Waals surface area (Å²) >= 11 is 1.80. The number of nitrogens with zero attached hydrogens (tertiary/aromatic N) is 1. The molecular formula is C16H23NO2S. The van der Waals surface area contributed by atoms with Crippen LogP contribution in [0.15, 0.2) is 35.2 Å². The van der Waals surface area contributed by atoms with E-state index < -0.39 is 5.91 Å². The van der Waals surface area contributed by atoms with Gasteiger partial charge in [-0.05, 0) is 43.7 Å². The van der Waals surface area contributed by atoms with Crippen LogP contribution in [0.4, 0.5) is 0 Å². The Morgan fingerprint density at radius 2 is 2.10 bits per heavy atom. The topological polar surface area (TPSA) is 40.5 Å². The molecule has 0 aromatic heterocycles. The van der Waals surface area contributed by atoms with Gasteiger partial charge in [-0.2, -0.15) is 0 Å². The third kappa shape index (κ3) is 5.39. The van der Waals surface area contributed by atoms with Crippen LogP contribution in [-0.4, -0.2) is 28.0 Å². The van der Waals surface area contributed by atoms with Crippen LogP contribution in [0.1, 0.15) is 39.2 Å². The lowest BCUT2D eigenvalue weighted by Gasteiger charge is -2.16. The van der Waals surface area contributed by atoms with Crippen molar-refractivity contribution in [2.75, 3.05) is 5.75 Å². The van der Waals surface area contributed by atoms with Gasteiger partial charge >= 0.3 is 0 Å². The quantitative estimate of drug-likeness (QED) is 0.269. The number of thioether (sulfide) groups is 1. The molecule has 1 aromatic rings. The summed E-state index contributed by atoms with van der Waals surface area (Å²) in [4.78, 5) is 12.9. The molecule has 110 valence electrons. The van der Waals surface area contributed by atoms with E-state index in [1.54, 1.807) is 31.7 Å². The number of unbranched alkanes of at least 4 members (excludes halogenated alkanes) is 1. The van der Waals surface area contributed by atoms with E-state index in [1.807, 2.05) is 18.2 Å². The minimum atomic E-state index is -0.395. The first-order valence-corrected chi connectivity index (χ1v) is 7.96. The van der Waals surface area contributed by atoms with Crippen LogP contribution in [-0.2, 0) is 4.79 Å². The van der Waals surface area contributed by atoms with Gasteiger partial charge in [-0.3, -0.25) is 10.0 Å². The van der Waals surface area contributed by atoms with Crippen LogP contribution in [0.5, 0.6) is 0 Å². The molecule has 0 aliphatic carbocycles. The summed E-state index contributed by atoms with van der Waals surface area (Å²) in [6.07, 6.45) is 5.54. The molecule has 0 spiro atoms. The zero-order chi connectivity index (χ0) is 15.0. The molecule has 0 bridgehead atoms. The summed E-state index contributed by atoms with van der Waals surface area (Å²) in [6.45, 7) is 5.70. The fourth-order valence-electron chi connectivity index (χ4n) is 1.57. The lowest BCUT2D eigenvalue weighted by atomic mass is 10.2. The minimum Gasteiger partial charge on any atom is -0.285 e. The van der Waals surface area contributed by atoms with E-state index in [0.29, 0.717) is 0 Å². The number of hydrogen-bond acceptors (Lipinski definition) is 3. The van der Waals surface area contributed by atoms with Crippen molar-refractivity contribution in [2.45, 2.75) is 44.6 Å². The second-order valence-electron chi connectivity index (χ2n) is 4.85. The van der Waals surface area contributed by atoms with Crippen LogP contribution >= 0.6 is 11.8 Å². The van der Waals surface area contributed by atoms with Crippen LogP contribution in [0.2, 0.25) is 0 Å². The van der Waals surface area contributed by atoms with Crippen molar-refractivity contribution in [1.29, 1.82) is 0 Å². The zero-order valence-electron chi connectivity index (χ0n) is 12.4. The highest BCUT2D eigenvalue weighted by atomic mass is 32.2. The van der Waals surface area contributed by atoms with Gasteiger partial charge in [-0.15, -0.1) is 11.8 Å². The fourth-order valence-corrected chi connectivity index (χ4v) is 2.70. The Hall–Kier alpha value is -1.26. The van der Waals surface area contributed by atoms with Gasteiger partial charge in [0.2, 0.25) is 0 Å². The molecule has 0 fully saturated rings. The Kier molecular flexibility index (Phi) is 7.41. The lowest BCUT2D eigenvalue weighted by Crippen LogP contribution is -2.32. The van der Waals surface area contributed by atoms with Gasteiger partial charge in [-0.1, -0.05) is 31.5 Å². The van der Waals surface area contributed by atoms with Crippen molar-refractivity contribution < 1.29 is 10.0 Å². The number of hydroxylamine groups is 2. The lowest BCUT2D eigenvalue weighted by molar-refractivity contribution is -0.166. The number of carbonyl (C=O) groups is 1. The third-order valence-electron chi connectivity index (χ3n) is 2.79. The molecule has 0 radical (unpaired) electrons. The summed E-state index contributed by atoms with van der Waals surface area (Å²) < 4.78 is 0. The van der Waals surface area contributed by atoms with Crippen molar-refractivity contribution in [1.82, 2.24) is 5.06 Å². The number of amides is 1. The molecule has 0 unspecified atom stereocenters. The third-order valence-corrected chi connectivity index (χ3v) is 3.97. The Morgan fingerprint density at radius 1 is 1.40 bits per heavy atom. The first-order chi connectivity index (χ1) is 9.56. The summed E-state index contributed by atoms with van der Waals surface area (Å²) in [5, 5.41) is 10.3. The Balaban J connectivity index is 2.73. The van der Waals surface area contributed by atoms with E-state index >= 15 is 0 Å². The standard InChI is InChI=1S/C16H23NO2S/c1-4-5-12-20-15-9-7-6-8-14(15)10-11-16(18)17(19)13(2)3/h6-11,13,19H,4-5,12H2,1-3H3/b11-10+. The summed E-state index contributed by atoms with van der Waals surface area (Å²) in [5.74, 6) is 0.682. The van der Waals surface area contributed by atoms with Gasteiger partial charge in [0.05, 0.1) is 6.04 Å². The predicted octanol–water partition coefficient (Wildman–Crippen LogP) is 4.22. The molecule has 0 atom stereocenters. The normalized spacial score (nSPS) is 11.2. The molecule has 0 aliphatic rings. The maximum Gasteiger partial charge on any atom is 0.270 e. The number of carbonyl (C=O) groups excluding carboxylic acids is 1. The zero-order valence-corrected chi connectivity index (χ0v) is 13.2. The highest BCUT2D eigenvalue weighted by Gasteiger charge is 2.10. The van der Waals surface area contributed by atoms with E-state index in [0.717, 1.165) is 16.4 Å². The van der Waals surface area contributed by atoms with E-state index in [1.165, 1.54) is 23.8 Å². The second kappa shape index (κ2) is 8.82.